The maximum Gasteiger partial charge on any atom is 0.338 e. The molecule has 0 bridgehead atoms. The van der Waals surface area contributed by atoms with E-state index < -0.39 is 0 Å². The number of hydrogen-bond acceptors (Lipinski definition) is 2. The second kappa shape index (κ2) is 6.20. The first-order valence-electron chi connectivity index (χ1n) is 6.37. The quantitative estimate of drug-likeness (QED) is 0.748. The minimum absolute atomic E-state index is 0.284. The summed E-state index contributed by atoms with van der Waals surface area (Å²) >= 11 is 0. The molecule has 0 unspecified atom stereocenters. The van der Waals surface area contributed by atoms with E-state index in [1.165, 1.54) is 18.4 Å². The van der Waals surface area contributed by atoms with Crippen molar-refractivity contribution in [3.05, 3.63) is 59.7 Å². The molecule has 0 aromatic heterocycles. The van der Waals surface area contributed by atoms with Crippen LogP contribution < -0.4 is 0 Å². The third kappa shape index (κ3) is 3.33. The van der Waals surface area contributed by atoms with Crippen molar-refractivity contribution in [1.29, 1.82) is 0 Å². The summed E-state index contributed by atoms with van der Waals surface area (Å²) in [5.41, 5.74) is 2.77. The van der Waals surface area contributed by atoms with E-state index in [9.17, 15) is 4.79 Å². The summed E-state index contributed by atoms with van der Waals surface area (Å²) in [5, 5.41) is 0. The number of esters is 1. The maximum atomic E-state index is 11.7. The molecule has 2 heteroatoms. The third-order valence-electron chi connectivity index (χ3n) is 3.13. The Morgan fingerprint density at radius 2 is 2.00 bits per heavy atom. The van der Waals surface area contributed by atoms with E-state index >= 15 is 0 Å². The van der Waals surface area contributed by atoms with Crippen molar-refractivity contribution in [2.24, 2.45) is 0 Å². The molecule has 1 aliphatic rings. The molecule has 18 heavy (non-hydrogen) atoms. The van der Waals surface area contributed by atoms with Gasteiger partial charge in [0.05, 0.1) is 5.56 Å². The van der Waals surface area contributed by atoms with Gasteiger partial charge in [0, 0.05) is 0 Å². The highest BCUT2D eigenvalue weighted by Crippen LogP contribution is 2.23. The van der Waals surface area contributed by atoms with Gasteiger partial charge in [-0.25, -0.2) is 4.79 Å². The van der Waals surface area contributed by atoms with Gasteiger partial charge in [0.25, 0.3) is 0 Å². The van der Waals surface area contributed by atoms with Gasteiger partial charge in [-0.05, 0) is 49.0 Å². The van der Waals surface area contributed by atoms with Gasteiger partial charge in [0.15, 0.2) is 0 Å². The SMILES string of the molecule is C=C(COC(=O)c1ccccc1)C1=CCCCC1. The first-order valence-corrected chi connectivity index (χ1v) is 6.37. The molecule has 1 aromatic rings. The van der Waals surface area contributed by atoms with E-state index in [1.54, 1.807) is 12.1 Å². The van der Waals surface area contributed by atoms with Crippen molar-refractivity contribution < 1.29 is 9.53 Å². The van der Waals surface area contributed by atoms with Crippen LogP contribution in [0.1, 0.15) is 36.0 Å². The van der Waals surface area contributed by atoms with Crippen LogP contribution in [0.4, 0.5) is 0 Å². The summed E-state index contributed by atoms with van der Waals surface area (Å²) in [4.78, 5) is 11.7. The minimum Gasteiger partial charge on any atom is -0.457 e. The second-order valence-corrected chi connectivity index (χ2v) is 4.52. The second-order valence-electron chi connectivity index (χ2n) is 4.52. The normalized spacial score (nSPS) is 14.8. The van der Waals surface area contributed by atoms with Gasteiger partial charge in [0.2, 0.25) is 0 Å². The monoisotopic (exact) mass is 242 g/mol. The molecule has 2 nitrogen and oxygen atoms in total. The van der Waals surface area contributed by atoms with Crippen LogP contribution in [0.25, 0.3) is 0 Å². The predicted molar refractivity (Wildman–Crippen MR) is 72.4 cm³/mol. The average molecular weight is 242 g/mol. The summed E-state index contributed by atoms with van der Waals surface area (Å²) in [6.45, 7) is 4.29. The Labute approximate surface area is 108 Å². The molecule has 0 atom stereocenters. The first-order chi connectivity index (χ1) is 8.77. The van der Waals surface area contributed by atoms with Gasteiger partial charge in [-0.3, -0.25) is 0 Å². The zero-order valence-electron chi connectivity index (χ0n) is 10.5. The lowest BCUT2D eigenvalue weighted by Crippen LogP contribution is -2.09. The van der Waals surface area contributed by atoms with E-state index in [2.05, 4.69) is 12.7 Å². The van der Waals surface area contributed by atoms with Crippen LogP contribution in [-0.2, 0) is 4.74 Å². The first kappa shape index (κ1) is 12.6. The fourth-order valence-electron chi connectivity index (χ4n) is 2.06. The molecule has 1 aliphatic carbocycles. The van der Waals surface area contributed by atoms with Crippen molar-refractivity contribution in [2.75, 3.05) is 6.61 Å². The molecule has 0 amide bonds. The molecular formula is C16H18O2. The molecule has 0 spiro atoms. The third-order valence-corrected chi connectivity index (χ3v) is 3.13. The fraction of sp³-hybridized carbons (Fsp3) is 0.312. The van der Waals surface area contributed by atoms with Crippen LogP contribution in [0.2, 0.25) is 0 Å². The Bertz CT molecular complexity index is 457. The summed E-state index contributed by atoms with van der Waals surface area (Å²) in [6, 6.07) is 9.04. The standard InChI is InChI=1S/C16H18O2/c1-13(14-8-4-2-5-9-14)12-18-16(17)15-10-6-3-7-11-15/h3,6-8,10-11H,1-2,4-5,9,12H2. The number of ether oxygens (including phenoxy) is 1. The summed E-state index contributed by atoms with van der Waals surface area (Å²) in [7, 11) is 0. The van der Waals surface area contributed by atoms with Gasteiger partial charge in [-0.15, -0.1) is 0 Å². The van der Waals surface area contributed by atoms with Crippen LogP contribution in [0.5, 0.6) is 0 Å². The lowest BCUT2D eigenvalue weighted by atomic mass is 9.95. The summed E-state index contributed by atoms with van der Waals surface area (Å²) < 4.78 is 5.26. The van der Waals surface area contributed by atoms with Crippen LogP contribution in [-0.4, -0.2) is 12.6 Å². The number of allylic oxidation sites excluding steroid dienone is 1. The van der Waals surface area contributed by atoms with Crippen LogP contribution in [0.15, 0.2) is 54.1 Å². The van der Waals surface area contributed by atoms with E-state index in [0.717, 1.165) is 18.4 Å². The number of rotatable bonds is 4. The molecule has 2 rings (SSSR count). The predicted octanol–water partition coefficient (Wildman–Crippen LogP) is 3.90. The van der Waals surface area contributed by atoms with Gasteiger partial charge < -0.3 is 4.74 Å². The van der Waals surface area contributed by atoms with Crippen molar-refractivity contribution in [2.45, 2.75) is 25.7 Å². The van der Waals surface area contributed by atoms with Gasteiger partial charge in [0.1, 0.15) is 6.61 Å². The molecule has 0 fully saturated rings. The van der Waals surface area contributed by atoms with Crippen molar-refractivity contribution in [3.63, 3.8) is 0 Å². The van der Waals surface area contributed by atoms with Crippen molar-refractivity contribution >= 4 is 5.97 Å². The van der Waals surface area contributed by atoms with Gasteiger partial charge >= 0.3 is 5.97 Å². The highest BCUT2D eigenvalue weighted by atomic mass is 16.5. The van der Waals surface area contributed by atoms with E-state index in [4.69, 9.17) is 4.74 Å². The van der Waals surface area contributed by atoms with Crippen molar-refractivity contribution in [3.8, 4) is 0 Å². The van der Waals surface area contributed by atoms with E-state index in [1.807, 2.05) is 18.2 Å². The highest BCUT2D eigenvalue weighted by Gasteiger charge is 2.10. The molecule has 0 saturated carbocycles. The fourth-order valence-corrected chi connectivity index (χ4v) is 2.06. The summed E-state index contributed by atoms with van der Waals surface area (Å²) in [5.74, 6) is -0.284. The van der Waals surface area contributed by atoms with Crippen LogP contribution >= 0.6 is 0 Å². The lowest BCUT2D eigenvalue weighted by Gasteiger charge is -2.15. The van der Waals surface area contributed by atoms with Crippen LogP contribution in [0.3, 0.4) is 0 Å². The molecule has 0 saturated heterocycles. The molecule has 0 heterocycles. The van der Waals surface area contributed by atoms with Gasteiger partial charge in [-0.2, -0.15) is 0 Å². The smallest absolute Gasteiger partial charge is 0.338 e. The lowest BCUT2D eigenvalue weighted by molar-refractivity contribution is 0.0542. The number of carbonyl (C=O) groups excluding carboxylic acids is 1. The average Bonchev–Trinajstić information content (AvgIpc) is 2.46. The Morgan fingerprint density at radius 1 is 1.22 bits per heavy atom. The Morgan fingerprint density at radius 3 is 2.67 bits per heavy atom. The molecule has 1 aromatic carbocycles. The maximum absolute atomic E-state index is 11.7. The molecule has 0 aliphatic heterocycles. The van der Waals surface area contributed by atoms with Crippen molar-refractivity contribution in [1.82, 2.24) is 0 Å². The number of carbonyl (C=O) groups is 1. The molecule has 0 N–H and O–H groups in total. The van der Waals surface area contributed by atoms with Crippen LogP contribution in [0, 0.1) is 0 Å². The van der Waals surface area contributed by atoms with E-state index in [-0.39, 0.29) is 5.97 Å². The highest BCUT2D eigenvalue weighted by molar-refractivity contribution is 5.89. The zero-order chi connectivity index (χ0) is 12.8. The topological polar surface area (TPSA) is 26.3 Å². The molecule has 94 valence electrons. The summed E-state index contributed by atoms with van der Waals surface area (Å²) in [6.07, 6.45) is 6.84. The molecule has 0 radical (unpaired) electrons. The molecular weight excluding hydrogens is 224 g/mol. The number of hydrogen-bond donors (Lipinski definition) is 0. The Balaban J connectivity index is 1.86. The Hall–Kier alpha value is -1.83. The van der Waals surface area contributed by atoms with E-state index in [0.29, 0.717) is 12.2 Å². The number of benzene rings is 1. The largest absolute Gasteiger partial charge is 0.457 e. The van der Waals surface area contributed by atoms with Gasteiger partial charge in [-0.1, -0.05) is 30.9 Å². The Kier molecular flexibility index (Phi) is 4.35. The minimum atomic E-state index is -0.284. The zero-order valence-corrected chi connectivity index (χ0v) is 10.5.